The fourth-order valence-electron chi connectivity index (χ4n) is 1.58. The van der Waals surface area contributed by atoms with Gasteiger partial charge in [0.1, 0.15) is 0 Å². The molecule has 0 amide bonds. The maximum Gasteiger partial charge on any atom is 2.00 e. The van der Waals surface area contributed by atoms with Gasteiger partial charge in [-0.15, -0.1) is 0 Å². The first-order valence-electron chi connectivity index (χ1n) is 2.94. The third-order valence-corrected chi connectivity index (χ3v) is 2.37. The van der Waals surface area contributed by atoms with Crippen LogP contribution < -0.4 is 12.4 Å². The van der Waals surface area contributed by atoms with Crippen LogP contribution in [0.5, 0.6) is 0 Å². The van der Waals surface area contributed by atoms with Crippen LogP contribution in [0.25, 0.3) is 0 Å². The van der Waals surface area contributed by atoms with Gasteiger partial charge in [0.2, 0.25) is 0 Å². The fraction of sp³-hybridized carbons (Fsp3) is 0.833. The van der Waals surface area contributed by atoms with Crippen molar-refractivity contribution in [2.24, 2.45) is 5.41 Å². The van der Waals surface area contributed by atoms with Crippen LogP contribution in [0.3, 0.4) is 0 Å². The number of hydrogen-bond donors (Lipinski definition) is 0. The van der Waals surface area contributed by atoms with Crippen molar-refractivity contribution >= 4 is 0 Å². The molecule has 0 heterocycles. The smallest absolute Gasteiger partial charge is 1.00 e. The van der Waals surface area contributed by atoms with Crippen LogP contribution in [-0.2, 0) is 19.5 Å². The Kier molecular flexibility index (Phi) is 3.07. The van der Waals surface area contributed by atoms with E-state index in [1.807, 2.05) is 0 Å². The largest absolute Gasteiger partial charge is 2.00 e. The van der Waals surface area contributed by atoms with E-state index < -0.39 is 11.6 Å². The molecule has 3 rings (SSSR count). The van der Waals surface area contributed by atoms with Crippen molar-refractivity contribution in [1.82, 2.24) is 0 Å². The summed E-state index contributed by atoms with van der Waals surface area (Å²) in [5.74, 6) is 1.10. The van der Waals surface area contributed by atoms with Gasteiger partial charge in [0.25, 0.3) is 0 Å². The molecule has 0 N–H and O–H groups in total. The second kappa shape index (κ2) is 2.88. The minimum Gasteiger partial charge on any atom is -1.00 e. The Hall–Kier alpha value is 0.703. The van der Waals surface area contributed by atoms with E-state index in [1.165, 1.54) is 0 Å². The van der Waals surface area contributed by atoms with Gasteiger partial charge in [-0.25, -0.2) is 0 Å². The van der Waals surface area contributed by atoms with Crippen LogP contribution in [0.1, 0.15) is 19.3 Å². The van der Waals surface area contributed by atoms with Gasteiger partial charge in [0.15, 0.2) is 0 Å². The van der Waals surface area contributed by atoms with Crippen molar-refractivity contribution in [1.29, 1.82) is 0 Å². The summed E-state index contributed by atoms with van der Waals surface area (Å²) in [6.07, 6.45) is -2.93. The normalized spacial score (nSPS) is 25.4. The van der Waals surface area contributed by atoms with E-state index in [4.69, 9.17) is 0 Å². The molecule has 0 saturated heterocycles. The van der Waals surface area contributed by atoms with Gasteiger partial charge in [0, 0.05) is 0 Å². The average Bonchev–Trinajstić information content (AvgIpc) is 1.08. The average molecular weight is 236 g/mol. The molecule has 0 aromatic carbocycles. The zero-order valence-electron chi connectivity index (χ0n) is 5.84. The molecule has 2 bridgehead atoms. The van der Waals surface area contributed by atoms with Crippen LogP contribution in [0.2, 0.25) is 0 Å². The third kappa shape index (κ3) is 1.33. The molecule has 11 heavy (non-hydrogen) atoms. The Labute approximate surface area is 82.1 Å². The summed E-state index contributed by atoms with van der Waals surface area (Å²) in [4.78, 5) is 0. The van der Waals surface area contributed by atoms with E-state index in [9.17, 15) is 13.2 Å². The molecule has 0 aromatic rings. The van der Waals surface area contributed by atoms with Gasteiger partial charge in [-0.1, -0.05) is 0 Å². The first-order valence-corrected chi connectivity index (χ1v) is 2.94. The van der Waals surface area contributed by atoms with Crippen molar-refractivity contribution in [2.45, 2.75) is 25.4 Å². The second-order valence-corrected chi connectivity index (χ2v) is 3.06. The van der Waals surface area contributed by atoms with Crippen LogP contribution in [0.15, 0.2) is 0 Å². The molecule has 3 saturated carbocycles. The van der Waals surface area contributed by atoms with Crippen molar-refractivity contribution in [3.05, 3.63) is 5.92 Å². The van der Waals surface area contributed by atoms with Gasteiger partial charge in [-0.3, -0.25) is 0 Å². The van der Waals surface area contributed by atoms with Crippen LogP contribution >= 0.6 is 0 Å². The summed E-state index contributed by atoms with van der Waals surface area (Å²) < 4.78 is 35.7. The predicted molar refractivity (Wildman–Crippen MR) is 25.6 cm³/mol. The summed E-state index contributed by atoms with van der Waals surface area (Å²) in [7, 11) is 0. The second-order valence-electron chi connectivity index (χ2n) is 3.06. The standard InChI is InChI=1S/C6H6F3.ClH.Zn/c7-6(8,9)5-1-4(2-5)3-5;;/h1-3H2;1H;/q-1;;+2/p-1. The maximum absolute atomic E-state index is 11.9. The molecule has 5 heteroatoms. The number of hydrogen-bond acceptors (Lipinski definition) is 0. The Balaban J connectivity index is 0.000000500. The molecule has 0 atom stereocenters. The quantitative estimate of drug-likeness (QED) is 0.385. The van der Waals surface area contributed by atoms with Gasteiger partial charge < -0.3 is 18.3 Å². The first kappa shape index (κ1) is 11.7. The monoisotopic (exact) mass is 234 g/mol. The Morgan fingerprint density at radius 3 is 1.45 bits per heavy atom. The Morgan fingerprint density at radius 1 is 1.09 bits per heavy atom. The van der Waals surface area contributed by atoms with E-state index >= 15 is 0 Å². The fourth-order valence-corrected chi connectivity index (χ4v) is 1.58. The number of alkyl halides is 3. The van der Waals surface area contributed by atoms with E-state index in [2.05, 4.69) is 0 Å². The molecular formula is C6H6ClF3Zn. The third-order valence-electron chi connectivity index (χ3n) is 2.37. The molecule has 0 aromatic heterocycles. The van der Waals surface area contributed by atoms with E-state index in [0.717, 1.165) is 5.92 Å². The van der Waals surface area contributed by atoms with Gasteiger partial charge in [0.05, 0.1) is 0 Å². The van der Waals surface area contributed by atoms with Gasteiger partial charge in [-0.05, 0) is 5.41 Å². The maximum atomic E-state index is 11.9. The Morgan fingerprint density at radius 2 is 1.45 bits per heavy atom. The zero-order chi connectivity index (χ0) is 6.70. The van der Waals surface area contributed by atoms with E-state index in [-0.39, 0.29) is 31.9 Å². The van der Waals surface area contributed by atoms with Crippen LogP contribution in [0, 0.1) is 11.3 Å². The summed E-state index contributed by atoms with van der Waals surface area (Å²) in [6, 6.07) is 0. The topological polar surface area (TPSA) is 0 Å². The van der Waals surface area contributed by atoms with Gasteiger partial charge in [-0.2, -0.15) is 32.4 Å². The summed E-state index contributed by atoms with van der Waals surface area (Å²) in [6.45, 7) is 0. The molecule has 0 unspecified atom stereocenters. The molecule has 3 aliphatic carbocycles. The van der Waals surface area contributed by atoms with E-state index in [0.29, 0.717) is 19.3 Å². The van der Waals surface area contributed by atoms with Crippen LogP contribution in [-0.4, -0.2) is 6.18 Å². The van der Waals surface area contributed by atoms with Gasteiger partial charge >= 0.3 is 25.7 Å². The predicted octanol–water partition coefficient (Wildman–Crippen LogP) is -0.691. The van der Waals surface area contributed by atoms with Crippen molar-refractivity contribution in [3.8, 4) is 0 Å². The molecule has 60 valence electrons. The summed E-state index contributed by atoms with van der Waals surface area (Å²) >= 11 is 0. The molecule has 0 nitrogen and oxygen atoms in total. The number of halogens is 4. The Bertz CT molecular complexity index is 139. The molecule has 0 radical (unpaired) electrons. The summed E-state index contributed by atoms with van der Waals surface area (Å²) in [5.41, 5.74) is -1.23. The minimum atomic E-state index is -3.92. The van der Waals surface area contributed by atoms with Crippen molar-refractivity contribution in [2.75, 3.05) is 0 Å². The van der Waals surface area contributed by atoms with Crippen LogP contribution in [0.4, 0.5) is 13.2 Å². The van der Waals surface area contributed by atoms with Crippen molar-refractivity contribution in [3.63, 3.8) is 0 Å². The first-order chi connectivity index (χ1) is 4.04. The SMILES string of the molecule is FC(F)(F)C12C[C-](C1)C2.[Cl-].[Zn+2]. The summed E-state index contributed by atoms with van der Waals surface area (Å²) in [5, 5.41) is 0. The molecule has 3 aliphatic rings. The molecule has 3 fully saturated rings. The molecule has 0 aliphatic heterocycles. The zero-order valence-corrected chi connectivity index (χ0v) is 9.56. The molecular weight excluding hydrogens is 230 g/mol. The number of rotatable bonds is 0. The molecule has 0 spiro atoms. The van der Waals surface area contributed by atoms with Crippen molar-refractivity contribution < 1.29 is 45.1 Å². The minimum absolute atomic E-state index is 0. The van der Waals surface area contributed by atoms with E-state index in [1.54, 1.807) is 0 Å².